The molecule has 0 aliphatic rings. The van der Waals surface area contributed by atoms with Gasteiger partial charge in [0.1, 0.15) is 0 Å². The van der Waals surface area contributed by atoms with Gasteiger partial charge in [0, 0.05) is 24.0 Å². The number of para-hydroxylation sites is 1. The lowest BCUT2D eigenvalue weighted by Crippen LogP contribution is -2.15. The number of aryl methyl sites for hydroxylation is 2. The summed E-state index contributed by atoms with van der Waals surface area (Å²) in [7, 11) is 0. The molecule has 0 radical (unpaired) electrons. The van der Waals surface area contributed by atoms with Gasteiger partial charge in [0.15, 0.2) is 5.69 Å². The van der Waals surface area contributed by atoms with Crippen molar-refractivity contribution in [2.24, 2.45) is 0 Å². The first-order chi connectivity index (χ1) is 15.6. The number of hydrogen-bond acceptors (Lipinski definition) is 4. The topological polar surface area (TPSA) is 65.6 Å². The Kier molecular flexibility index (Phi) is 4.95. The molecule has 156 valence electrons. The maximum Gasteiger partial charge on any atom is 0.209 e. The van der Waals surface area contributed by atoms with Gasteiger partial charge in [-0.2, -0.15) is 10.2 Å². The number of benzene rings is 2. The van der Waals surface area contributed by atoms with Gasteiger partial charge in [-0.1, -0.05) is 30.3 Å². The third-order valence-electron chi connectivity index (χ3n) is 5.29. The maximum absolute atomic E-state index is 12.8. The van der Waals surface area contributed by atoms with Crippen LogP contribution >= 0.6 is 0 Å². The van der Waals surface area contributed by atoms with E-state index in [-0.39, 0.29) is 5.43 Å². The summed E-state index contributed by atoms with van der Waals surface area (Å²) < 4.78 is 3.51. The average molecular weight is 419 g/mol. The molecule has 0 saturated heterocycles. The van der Waals surface area contributed by atoms with E-state index in [1.54, 1.807) is 27.8 Å². The van der Waals surface area contributed by atoms with Crippen LogP contribution in [0.3, 0.4) is 0 Å². The predicted molar refractivity (Wildman–Crippen MR) is 125 cm³/mol. The fourth-order valence-electron chi connectivity index (χ4n) is 3.76. The summed E-state index contributed by atoms with van der Waals surface area (Å²) in [4.78, 5) is 17.2. The fraction of sp³-hybridized carbons (Fsp3) is 0.0769. The van der Waals surface area contributed by atoms with Gasteiger partial charge in [-0.15, -0.1) is 0 Å². The van der Waals surface area contributed by atoms with E-state index in [1.165, 1.54) is 0 Å². The Morgan fingerprint density at radius 2 is 1.62 bits per heavy atom. The van der Waals surface area contributed by atoms with Gasteiger partial charge in [-0.25, -0.2) is 9.36 Å². The summed E-state index contributed by atoms with van der Waals surface area (Å²) in [6.45, 7) is 3.94. The summed E-state index contributed by atoms with van der Waals surface area (Å²) in [5, 5.41) is 9.29. The molecule has 2 aromatic carbocycles. The van der Waals surface area contributed by atoms with E-state index in [1.807, 2.05) is 80.6 Å². The lowest BCUT2D eigenvalue weighted by Gasteiger charge is -2.12. The highest BCUT2D eigenvalue weighted by Gasteiger charge is 2.16. The summed E-state index contributed by atoms with van der Waals surface area (Å²) in [6.07, 6.45) is 3.48. The Labute approximate surface area is 185 Å². The van der Waals surface area contributed by atoms with Gasteiger partial charge in [-0.3, -0.25) is 9.78 Å². The number of hydrogen-bond donors (Lipinski definition) is 0. The van der Waals surface area contributed by atoms with Gasteiger partial charge in [0.25, 0.3) is 0 Å². The lowest BCUT2D eigenvalue weighted by molar-refractivity contribution is 0.816. The Balaban J connectivity index is 1.60. The minimum Gasteiger partial charge on any atom is -0.287 e. The monoisotopic (exact) mass is 419 g/mol. The molecule has 5 rings (SSSR count). The molecule has 0 N–H and O–H groups in total. The van der Waals surface area contributed by atoms with Crippen molar-refractivity contribution in [3.05, 3.63) is 113 Å². The number of rotatable bonds is 4. The zero-order valence-electron chi connectivity index (χ0n) is 17.8. The molecule has 6 heteroatoms. The number of nitrogens with zero attached hydrogens (tertiary/aromatic N) is 5. The molecule has 6 nitrogen and oxygen atoms in total. The fourth-order valence-corrected chi connectivity index (χ4v) is 3.76. The predicted octanol–water partition coefficient (Wildman–Crippen LogP) is 4.76. The number of aromatic nitrogens is 5. The van der Waals surface area contributed by atoms with Crippen LogP contribution in [0.4, 0.5) is 0 Å². The smallest absolute Gasteiger partial charge is 0.209 e. The summed E-state index contributed by atoms with van der Waals surface area (Å²) in [6, 6.07) is 25.1. The van der Waals surface area contributed by atoms with Crippen LogP contribution in [0.2, 0.25) is 0 Å². The largest absolute Gasteiger partial charge is 0.287 e. The van der Waals surface area contributed by atoms with E-state index >= 15 is 0 Å². The first kappa shape index (κ1) is 19.6. The molecular formula is C26H21N5O. The van der Waals surface area contributed by atoms with Gasteiger partial charge in [0.2, 0.25) is 5.43 Å². The third kappa shape index (κ3) is 3.63. The van der Waals surface area contributed by atoms with Crippen LogP contribution in [0, 0.1) is 13.8 Å². The Morgan fingerprint density at radius 1 is 0.812 bits per heavy atom. The Morgan fingerprint density at radius 3 is 2.38 bits per heavy atom. The standard InChI is InChI=1S/C26H21N5O/c1-18-16-20(22-10-6-7-14-27-22)11-12-23(18)30-15-13-25(32)26(29-30)24-17-19(2)28-31(24)21-8-4-3-5-9-21/h3-17H,1-2H3. The normalized spacial score (nSPS) is 10.9. The average Bonchev–Trinajstić information content (AvgIpc) is 3.22. The van der Waals surface area contributed by atoms with E-state index in [0.29, 0.717) is 11.4 Å². The molecule has 3 heterocycles. The van der Waals surface area contributed by atoms with E-state index in [9.17, 15) is 4.79 Å². The molecule has 0 amide bonds. The van der Waals surface area contributed by atoms with E-state index in [0.717, 1.165) is 33.9 Å². The van der Waals surface area contributed by atoms with Crippen molar-refractivity contribution in [2.45, 2.75) is 13.8 Å². The number of pyridine rings is 1. The molecule has 0 aliphatic heterocycles. The second-order valence-corrected chi connectivity index (χ2v) is 7.61. The van der Waals surface area contributed by atoms with Crippen LogP contribution in [0.1, 0.15) is 11.3 Å². The van der Waals surface area contributed by atoms with Crippen LogP contribution < -0.4 is 5.43 Å². The molecule has 0 aliphatic carbocycles. The van der Waals surface area contributed by atoms with Crippen LogP contribution in [0.5, 0.6) is 0 Å². The highest BCUT2D eigenvalue weighted by atomic mass is 16.1. The van der Waals surface area contributed by atoms with Crippen molar-refractivity contribution in [1.29, 1.82) is 0 Å². The Hall–Kier alpha value is -4.32. The third-order valence-corrected chi connectivity index (χ3v) is 5.29. The second kappa shape index (κ2) is 8.07. The van der Waals surface area contributed by atoms with Crippen molar-refractivity contribution in [3.63, 3.8) is 0 Å². The van der Waals surface area contributed by atoms with Crippen molar-refractivity contribution in [3.8, 4) is 34.0 Å². The SMILES string of the molecule is Cc1cc(-c2nn(-c3ccc(-c4ccccn4)cc3C)ccc2=O)n(-c2ccccc2)n1. The van der Waals surface area contributed by atoms with Crippen molar-refractivity contribution in [1.82, 2.24) is 24.5 Å². The molecule has 32 heavy (non-hydrogen) atoms. The molecule has 0 atom stereocenters. The zero-order chi connectivity index (χ0) is 22.1. The maximum atomic E-state index is 12.8. The molecule has 3 aromatic heterocycles. The van der Waals surface area contributed by atoms with Gasteiger partial charge in [-0.05, 0) is 61.9 Å². The Bertz CT molecular complexity index is 1450. The first-order valence-electron chi connectivity index (χ1n) is 10.3. The van der Waals surface area contributed by atoms with Crippen LogP contribution in [-0.4, -0.2) is 24.5 Å². The summed E-state index contributed by atoms with van der Waals surface area (Å²) >= 11 is 0. The second-order valence-electron chi connectivity index (χ2n) is 7.61. The molecule has 0 fully saturated rings. The molecule has 5 aromatic rings. The van der Waals surface area contributed by atoms with Gasteiger partial charge >= 0.3 is 0 Å². The van der Waals surface area contributed by atoms with Crippen molar-refractivity contribution in [2.75, 3.05) is 0 Å². The summed E-state index contributed by atoms with van der Waals surface area (Å²) in [5.41, 5.74) is 6.43. The minimum atomic E-state index is -0.152. The minimum absolute atomic E-state index is 0.152. The van der Waals surface area contributed by atoms with Crippen LogP contribution in [-0.2, 0) is 0 Å². The lowest BCUT2D eigenvalue weighted by atomic mass is 10.1. The molecule has 0 spiro atoms. The highest BCUT2D eigenvalue weighted by Crippen LogP contribution is 2.24. The van der Waals surface area contributed by atoms with Crippen molar-refractivity contribution < 1.29 is 0 Å². The summed E-state index contributed by atoms with van der Waals surface area (Å²) in [5.74, 6) is 0. The van der Waals surface area contributed by atoms with Crippen molar-refractivity contribution >= 4 is 0 Å². The molecule has 0 unspecified atom stereocenters. The van der Waals surface area contributed by atoms with E-state index < -0.39 is 0 Å². The van der Waals surface area contributed by atoms with Crippen LogP contribution in [0.15, 0.2) is 96.1 Å². The quantitative estimate of drug-likeness (QED) is 0.421. The molecule has 0 saturated carbocycles. The van der Waals surface area contributed by atoms with Crippen LogP contribution in [0.25, 0.3) is 34.0 Å². The van der Waals surface area contributed by atoms with E-state index in [2.05, 4.69) is 16.1 Å². The molecular weight excluding hydrogens is 398 g/mol. The molecule has 0 bridgehead atoms. The highest BCUT2D eigenvalue weighted by molar-refractivity contribution is 5.63. The zero-order valence-corrected chi connectivity index (χ0v) is 17.8. The van der Waals surface area contributed by atoms with Gasteiger partial charge < -0.3 is 0 Å². The van der Waals surface area contributed by atoms with E-state index in [4.69, 9.17) is 5.10 Å². The first-order valence-corrected chi connectivity index (χ1v) is 10.3. The van der Waals surface area contributed by atoms with Gasteiger partial charge in [0.05, 0.1) is 28.5 Å².